The number of ether oxygens (including phenoxy) is 1. The molecule has 2 N–H and O–H groups in total. The molecule has 5 fully saturated rings. The summed E-state index contributed by atoms with van der Waals surface area (Å²) < 4.78 is 6.17. The number of hydrogen-bond donors (Lipinski definition) is 2. The second-order valence-electron chi connectivity index (χ2n) is 19.3. The molecule has 0 spiro atoms. The van der Waals surface area contributed by atoms with E-state index in [-0.39, 0.29) is 45.5 Å². The van der Waals surface area contributed by atoms with Crippen molar-refractivity contribution in [1.82, 2.24) is 5.32 Å². The summed E-state index contributed by atoms with van der Waals surface area (Å²) in [6.45, 7) is 23.1. The van der Waals surface area contributed by atoms with Gasteiger partial charge in [-0.3, -0.25) is 14.4 Å². The van der Waals surface area contributed by atoms with E-state index in [1.54, 1.807) is 25.2 Å². The van der Waals surface area contributed by atoms with Gasteiger partial charge in [-0.1, -0.05) is 52.8 Å². The van der Waals surface area contributed by atoms with Crippen LogP contribution >= 0.6 is 11.3 Å². The Morgan fingerprint density at radius 3 is 2.35 bits per heavy atom. The topological polar surface area (TPSA) is 92.7 Å². The van der Waals surface area contributed by atoms with Crippen molar-refractivity contribution in [3.8, 4) is 0 Å². The molecule has 7 heteroatoms. The number of carbonyl (C=O) groups is 3. The summed E-state index contributed by atoms with van der Waals surface area (Å²) in [5.41, 5.74) is 0.564. The molecule has 0 saturated heterocycles. The number of rotatable bonds is 9. The van der Waals surface area contributed by atoms with Gasteiger partial charge in [0.25, 0.3) is 0 Å². The average Bonchev–Trinajstić information content (AvgIpc) is 3.66. The summed E-state index contributed by atoms with van der Waals surface area (Å²) in [6.07, 6.45) is 11.5. The Labute approximate surface area is 299 Å². The van der Waals surface area contributed by atoms with Gasteiger partial charge >= 0.3 is 11.9 Å². The largest absolute Gasteiger partial charge is 0.481 e. The summed E-state index contributed by atoms with van der Waals surface area (Å²) in [6, 6.07) is 4.15. The highest BCUT2D eigenvalue weighted by molar-refractivity contribution is 7.09. The first kappa shape index (κ1) is 36.6. The molecule has 6 rings (SSSR count). The van der Waals surface area contributed by atoms with E-state index in [1.807, 2.05) is 0 Å². The minimum atomic E-state index is -1.14. The zero-order valence-electron chi connectivity index (χ0n) is 31.6. The maximum Gasteiger partial charge on any atom is 0.309 e. The molecule has 1 amide bonds. The first-order chi connectivity index (χ1) is 22.8. The molecule has 49 heavy (non-hydrogen) atoms. The lowest BCUT2D eigenvalue weighted by Gasteiger charge is -2.73. The Balaban J connectivity index is 1.23. The van der Waals surface area contributed by atoms with E-state index in [9.17, 15) is 19.5 Å². The number of fused-ring (bicyclic) bond motifs is 7. The van der Waals surface area contributed by atoms with Crippen LogP contribution in [0, 0.1) is 62.1 Å². The standard InChI is InChI=1S/C42H63NO5S/c1-26(2)28-14-19-42(23-33(44)43-25-27-11-10-22-49-27)21-20-40(8)29(35(28)42)12-13-31-39(7)17-16-32(48-34(45)24-37(3,4)36(46)47)38(5,6)30(39)15-18-41(31,40)9/h10-11,22,28-32,35H,1,12-21,23-25H2,2-9H3,(H,43,44)(H,46,47)/t28-,29+,30-,31+,32-,35+,39-,40+,41+,42+/m0/s1. The lowest BCUT2D eigenvalue weighted by atomic mass is 9.32. The Bertz CT molecular complexity index is 1460. The third kappa shape index (κ3) is 5.84. The van der Waals surface area contributed by atoms with Crippen LogP contribution < -0.4 is 5.32 Å². The van der Waals surface area contributed by atoms with E-state index in [4.69, 9.17) is 4.74 Å². The zero-order chi connectivity index (χ0) is 35.8. The average molecular weight is 694 g/mol. The fraction of sp³-hybridized carbons (Fsp3) is 0.786. The maximum absolute atomic E-state index is 13.6. The molecule has 1 aromatic rings. The highest BCUT2D eigenvalue weighted by Crippen LogP contribution is 2.78. The number of carboxylic acids is 1. The highest BCUT2D eigenvalue weighted by Gasteiger charge is 2.71. The molecule has 0 aromatic carbocycles. The SMILES string of the molecule is C=C(C)[C@@H]1CC[C@]2(CC(=O)NCc3cccs3)CC[C@]3(C)[C@H](CC[C@@H]4[C@@]5(C)CC[C@H](OC(=O)CC(C)(C)C(=O)O)C(C)(C)[C@@H]5CC[C@]43C)[C@@H]12. The summed E-state index contributed by atoms with van der Waals surface area (Å²) in [4.78, 5) is 39.6. The minimum absolute atomic E-state index is 0.0523. The lowest BCUT2D eigenvalue weighted by molar-refractivity contribution is -0.250. The van der Waals surface area contributed by atoms with Crippen LogP contribution in [0.1, 0.15) is 137 Å². The molecule has 5 aliphatic rings. The summed E-state index contributed by atoms with van der Waals surface area (Å²) >= 11 is 1.70. The lowest BCUT2D eigenvalue weighted by Crippen LogP contribution is -2.67. The minimum Gasteiger partial charge on any atom is -0.481 e. The van der Waals surface area contributed by atoms with Crippen LogP contribution in [-0.4, -0.2) is 29.1 Å². The van der Waals surface area contributed by atoms with Gasteiger partial charge < -0.3 is 15.2 Å². The van der Waals surface area contributed by atoms with E-state index >= 15 is 0 Å². The molecule has 6 nitrogen and oxygen atoms in total. The van der Waals surface area contributed by atoms with Crippen LogP contribution in [0.5, 0.6) is 0 Å². The van der Waals surface area contributed by atoms with Crippen molar-refractivity contribution in [2.45, 2.75) is 145 Å². The van der Waals surface area contributed by atoms with E-state index in [1.165, 1.54) is 36.1 Å². The van der Waals surface area contributed by atoms with Crippen LogP contribution in [0.4, 0.5) is 0 Å². The monoisotopic (exact) mass is 693 g/mol. The molecule has 0 radical (unpaired) electrons. The van der Waals surface area contributed by atoms with Crippen molar-refractivity contribution >= 4 is 29.2 Å². The van der Waals surface area contributed by atoms with Crippen molar-refractivity contribution in [3.63, 3.8) is 0 Å². The molecule has 10 atom stereocenters. The smallest absolute Gasteiger partial charge is 0.309 e. The van der Waals surface area contributed by atoms with Gasteiger partial charge in [0.15, 0.2) is 0 Å². The molecule has 0 unspecified atom stereocenters. The second kappa shape index (κ2) is 12.5. The van der Waals surface area contributed by atoms with Gasteiger partial charge in [-0.15, -0.1) is 11.3 Å². The number of carboxylic acid groups (broad SMARTS) is 1. The van der Waals surface area contributed by atoms with Crippen LogP contribution in [0.15, 0.2) is 29.7 Å². The first-order valence-electron chi connectivity index (χ1n) is 19.2. The molecule has 1 heterocycles. The predicted octanol–water partition coefficient (Wildman–Crippen LogP) is 9.82. The number of carbonyl (C=O) groups excluding carboxylic acids is 2. The summed E-state index contributed by atoms with van der Waals surface area (Å²) in [5.74, 6) is 1.44. The van der Waals surface area contributed by atoms with Gasteiger partial charge in [0, 0.05) is 16.7 Å². The van der Waals surface area contributed by atoms with Crippen molar-refractivity contribution in [1.29, 1.82) is 0 Å². The molecular formula is C42H63NO5S. The predicted molar refractivity (Wildman–Crippen MR) is 196 cm³/mol. The molecule has 0 bridgehead atoms. The van der Waals surface area contributed by atoms with E-state index in [0.29, 0.717) is 42.6 Å². The van der Waals surface area contributed by atoms with E-state index < -0.39 is 17.4 Å². The fourth-order valence-electron chi connectivity index (χ4n) is 13.4. The molecule has 0 aliphatic heterocycles. The van der Waals surface area contributed by atoms with Crippen LogP contribution in [0.3, 0.4) is 0 Å². The van der Waals surface area contributed by atoms with Crippen molar-refractivity contribution in [2.24, 2.45) is 62.1 Å². The second-order valence-corrected chi connectivity index (χ2v) is 20.3. The van der Waals surface area contributed by atoms with Crippen LogP contribution in [-0.2, 0) is 25.7 Å². The van der Waals surface area contributed by atoms with Crippen molar-refractivity contribution in [2.75, 3.05) is 0 Å². The maximum atomic E-state index is 13.6. The summed E-state index contributed by atoms with van der Waals surface area (Å²) in [7, 11) is 0. The fourth-order valence-corrected chi connectivity index (χ4v) is 14.0. The van der Waals surface area contributed by atoms with Gasteiger partial charge in [-0.05, 0) is 148 Å². The third-order valence-corrected chi connectivity index (χ3v) is 17.0. The molecule has 272 valence electrons. The molecule has 5 saturated carbocycles. The number of amides is 1. The Morgan fingerprint density at radius 2 is 1.69 bits per heavy atom. The Morgan fingerprint density at radius 1 is 0.959 bits per heavy atom. The van der Waals surface area contributed by atoms with Gasteiger partial charge in [-0.25, -0.2) is 0 Å². The quantitative estimate of drug-likeness (QED) is 0.198. The molecule has 1 aromatic heterocycles. The molecular weight excluding hydrogens is 631 g/mol. The van der Waals surface area contributed by atoms with Crippen LogP contribution in [0.2, 0.25) is 0 Å². The third-order valence-electron chi connectivity index (χ3n) is 16.2. The van der Waals surface area contributed by atoms with Crippen molar-refractivity contribution in [3.05, 3.63) is 34.5 Å². The number of nitrogens with one attached hydrogen (secondary N) is 1. The number of esters is 1. The number of aliphatic carboxylic acids is 1. The summed E-state index contributed by atoms with van der Waals surface area (Å²) in [5, 5.41) is 15.0. The number of thiophene rings is 1. The van der Waals surface area contributed by atoms with Gasteiger partial charge in [-0.2, -0.15) is 0 Å². The van der Waals surface area contributed by atoms with E-state index in [0.717, 1.165) is 38.5 Å². The zero-order valence-corrected chi connectivity index (χ0v) is 32.4. The normalized spacial score (nSPS) is 41.0. The van der Waals surface area contributed by atoms with Crippen molar-refractivity contribution < 1.29 is 24.2 Å². The highest BCUT2D eigenvalue weighted by atomic mass is 32.1. The molecule has 5 aliphatic carbocycles. The number of allylic oxidation sites excluding steroid dienone is 1. The van der Waals surface area contributed by atoms with E-state index in [2.05, 4.69) is 71.0 Å². The number of hydrogen-bond acceptors (Lipinski definition) is 5. The van der Waals surface area contributed by atoms with Gasteiger partial charge in [0.1, 0.15) is 6.10 Å². The van der Waals surface area contributed by atoms with Gasteiger partial charge in [0.2, 0.25) is 5.91 Å². The Hall–Kier alpha value is -2.15. The first-order valence-corrected chi connectivity index (χ1v) is 20.1. The van der Waals surface area contributed by atoms with Gasteiger partial charge in [0.05, 0.1) is 18.4 Å². The van der Waals surface area contributed by atoms with Crippen LogP contribution in [0.25, 0.3) is 0 Å². The Kier molecular flexibility index (Phi) is 9.36.